The van der Waals surface area contributed by atoms with Crippen LogP contribution in [0.4, 0.5) is 16.5 Å². The Bertz CT molecular complexity index is 1110. The van der Waals surface area contributed by atoms with Gasteiger partial charge in [-0.15, -0.1) is 11.3 Å². The SMILES string of the molecule is O=C(NCC(O)CO)c1cc(N[C@@H](C(=O)Nc2nccs2)c2ccccc2)ccc1[N+](=O)[O-]. The molecule has 33 heavy (non-hydrogen) atoms. The summed E-state index contributed by atoms with van der Waals surface area (Å²) in [5.74, 6) is -1.21. The molecule has 3 aromatic rings. The van der Waals surface area contributed by atoms with Gasteiger partial charge in [0.05, 0.1) is 17.6 Å². The van der Waals surface area contributed by atoms with Crippen LogP contribution in [-0.4, -0.2) is 51.2 Å². The van der Waals surface area contributed by atoms with E-state index in [1.54, 1.807) is 41.9 Å². The van der Waals surface area contributed by atoms with Crippen molar-refractivity contribution in [1.82, 2.24) is 10.3 Å². The van der Waals surface area contributed by atoms with E-state index in [1.807, 2.05) is 0 Å². The molecule has 3 rings (SSSR count). The van der Waals surface area contributed by atoms with Gasteiger partial charge in [0.2, 0.25) is 0 Å². The second-order valence-corrected chi connectivity index (χ2v) is 7.74. The first-order chi connectivity index (χ1) is 15.9. The monoisotopic (exact) mass is 471 g/mol. The van der Waals surface area contributed by atoms with Crippen molar-refractivity contribution in [1.29, 1.82) is 0 Å². The predicted octanol–water partition coefficient (Wildman–Crippen LogP) is 1.93. The number of carbonyl (C=O) groups is 2. The van der Waals surface area contributed by atoms with Crippen molar-refractivity contribution in [2.24, 2.45) is 0 Å². The number of nitro groups is 1. The number of aliphatic hydroxyl groups is 2. The summed E-state index contributed by atoms with van der Waals surface area (Å²) in [7, 11) is 0. The number of benzene rings is 2. The molecule has 12 heteroatoms. The van der Waals surface area contributed by atoms with Gasteiger partial charge in [0.15, 0.2) is 5.13 Å². The van der Waals surface area contributed by atoms with E-state index >= 15 is 0 Å². The average molecular weight is 471 g/mol. The van der Waals surface area contributed by atoms with Crippen molar-refractivity contribution in [2.75, 3.05) is 23.8 Å². The lowest BCUT2D eigenvalue weighted by atomic mass is 10.0. The highest BCUT2D eigenvalue weighted by Gasteiger charge is 2.25. The zero-order chi connectivity index (χ0) is 23.8. The summed E-state index contributed by atoms with van der Waals surface area (Å²) >= 11 is 1.25. The highest BCUT2D eigenvalue weighted by molar-refractivity contribution is 7.13. The van der Waals surface area contributed by atoms with Crippen LogP contribution in [0.5, 0.6) is 0 Å². The summed E-state index contributed by atoms with van der Waals surface area (Å²) in [6.45, 7) is -0.857. The number of aliphatic hydroxyl groups excluding tert-OH is 2. The van der Waals surface area contributed by atoms with Crippen LogP contribution < -0.4 is 16.0 Å². The molecule has 0 radical (unpaired) electrons. The van der Waals surface area contributed by atoms with Gasteiger partial charge in [-0.2, -0.15) is 0 Å². The lowest BCUT2D eigenvalue weighted by Crippen LogP contribution is -2.34. The predicted molar refractivity (Wildman–Crippen MR) is 122 cm³/mol. The standard InChI is InChI=1S/C21H21N5O6S/c27-12-15(28)11-23-19(29)16-10-14(6-7-17(16)26(31)32)24-18(13-4-2-1-3-5-13)20(30)25-21-22-8-9-33-21/h1-10,15,18,24,27-28H,11-12H2,(H,23,29)(H,22,25,30)/t15?,18-/m1/s1. The van der Waals surface area contributed by atoms with Crippen LogP contribution in [0.25, 0.3) is 0 Å². The van der Waals surface area contributed by atoms with Crippen LogP contribution in [0.1, 0.15) is 22.0 Å². The van der Waals surface area contributed by atoms with Gasteiger partial charge >= 0.3 is 0 Å². The molecular formula is C21H21N5O6S. The van der Waals surface area contributed by atoms with Gasteiger partial charge in [0, 0.05) is 29.9 Å². The maximum Gasteiger partial charge on any atom is 0.282 e. The molecule has 11 nitrogen and oxygen atoms in total. The average Bonchev–Trinajstić information content (AvgIpc) is 3.33. The first-order valence-electron chi connectivity index (χ1n) is 9.76. The molecule has 0 saturated heterocycles. The molecule has 172 valence electrons. The topological polar surface area (TPSA) is 167 Å². The Kier molecular flexibility index (Phi) is 8.02. The molecule has 1 unspecified atom stereocenters. The molecule has 0 aliphatic rings. The molecule has 0 fully saturated rings. The van der Waals surface area contributed by atoms with Crippen molar-refractivity contribution in [3.8, 4) is 0 Å². The Balaban J connectivity index is 1.89. The van der Waals surface area contributed by atoms with Crippen molar-refractivity contribution < 1.29 is 24.7 Å². The Morgan fingerprint density at radius 1 is 1.18 bits per heavy atom. The third-order valence-electron chi connectivity index (χ3n) is 4.52. The fraction of sp³-hybridized carbons (Fsp3) is 0.190. The Labute approximate surface area is 192 Å². The maximum absolute atomic E-state index is 13.0. The fourth-order valence-corrected chi connectivity index (χ4v) is 3.44. The zero-order valence-corrected chi connectivity index (χ0v) is 18.0. The molecule has 0 aliphatic carbocycles. The quantitative estimate of drug-likeness (QED) is 0.221. The molecule has 0 spiro atoms. The summed E-state index contributed by atoms with van der Waals surface area (Å²) in [6, 6.07) is 11.7. The molecule has 1 heterocycles. The maximum atomic E-state index is 13.0. The number of amides is 2. The van der Waals surface area contributed by atoms with Crippen LogP contribution in [0.3, 0.4) is 0 Å². The third-order valence-corrected chi connectivity index (χ3v) is 5.20. The van der Waals surface area contributed by atoms with Gasteiger partial charge < -0.3 is 20.8 Å². The summed E-state index contributed by atoms with van der Waals surface area (Å²) in [5.41, 5.74) is 0.209. The van der Waals surface area contributed by atoms with E-state index in [1.165, 1.54) is 23.5 Å². The van der Waals surface area contributed by atoms with Crippen LogP contribution in [0.2, 0.25) is 0 Å². The second-order valence-electron chi connectivity index (χ2n) is 6.85. The number of nitro benzene ring substituents is 1. The number of hydrogen-bond donors (Lipinski definition) is 5. The Hall–Kier alpha value is -3.87. The Morgan fingerprint density at radius 3 is 2.58 bits per heavy atom. The van der Waals surface area contributed by atoms with Gasteiger partial charge in [-0.1, -0.05) is 30.3 Å². The minimum atomic E-state index is -1.20. The molecule has 1 aromatic heterocycles. The van der Waals surface area contributed by atoms with Crippen LogP contribution in [0.15, 0.2) is 60.1 Å². The van der Waals surface area contributed by atoms with E-state index < -0.39 is 41.2 Å². The Morgan fingerprint density at radius 2 is 1.94 bits per heavy atom. The van der Waals surface area contributed by atoms with Gasteiger partial charge in [0.25, 0.3) is 17.5 Å². The highest BCUT2D eigenvalue weighted by Crippen LogP contribution is 2.27. The van der Waals surface area contributed by atoms with Crippen LogP contribution in [0, 0.1) is 10.1 Å². The number of carbonyl (C=O) groups excluding carboxylic acids is 2. The number of aromatic nitrogens is 1. The van der Waals surface area contributed by atoms with E-state index in [-0.39, 0.29) is 17.8 Å². The minimum Gasteiger partial charge on any atom is -0.394 e. The first-order valence-corrected chi connectivity index (χ1v) is 10.6. The number of thiazole rings is 1. The van der Waals surface area contributed by atoms with Crippen molar-refractivity contribution in [3.63, 3.8) is 0 Å². The van der Waals surface area contributed by atoms with Gasteiger partial charge in [0.1, 0.15) is 11.6 Å². The lowest BCUT2D eigenvalue weighted by Gasteiger charge is -2.20. The van der Waals surface area contributed by atoms with E-state index in [4.69, 9.17) is 5.11 Å². The molecule has 0 aliphatic heterocycles. The van der Waals surface area contributed by atoms with E-state index in [0.29, 0.717) is 10.7 Å². The summed E-state index contributed by atoms with van der Waals surface area (Å²) in [4.78, 5) is 40.2. The van der Waals surface area contributed by atoms with Crippen molar-refractivity contribution in [2.45, 2.75) is 12.1 Å². The lowest BCUT2D eigenvalue weighted by molar-refractivity contribution is -0.385. The number of hydrogen-bond acceptors (Lipinski definition) is 9. The number of nitrogens with one attached hydrogen (secondary N) is 3. The molecule has 0 bridgehead atoms. The largest absolute Gasteiger partial charge is 0.394 e. The molecule has 5 N–H and O–H groups in total. The third kappa shape index (κ3) is 6.32. The number of nitrogens with zero attached hydrogens (tertiary/aromatic N) is 2. The molecular weight excluding hydrogens is 450 g/mol. The van der Waals surface area contributed by atoms with Gasteiger partial charge in [-0.3, -0.25) is 25.0 Å². The van der Waals surface area contributed by atoms with Crippen LogP contribution >= 0.6 is 11.3 Å². The van der Waals surface area contributed by atoms with E-state index in [2.05, 4.69) is 20.9 Å². The fourth-order valence-electron chi connectivity index (χ4n) is 2.91. The van der Waals surface area contributed by atoms with Gasteiger partial charge in [-0.05, 0) is 17.7 Å². The first kappa shape index (κ1) is 23.8. The molecule has 2 amide bonds. The number of rotatable bonds is 10. The van der Waals surface area contributed by atoms with Crippen molar-refractivity contribution in [3.05, 3.63) is 81.3 Å². The molecule has 2 atom stereocenters. The highest BCUT2D eigenvalue weighted by atomic mass is 32.1. The summed E-state index contributed by atoms with van der Waals surface area (Å²) in [5, 5.41) is 39.9. The number of anilines is 2. The van der Waals surface area contributed by atoms with Gasteiger partial charge in [-0.25, -0.2) is 4.98 Å². The second kappa shape index (κ2) is 11.1. The minimum absolute atomic E-state index is 0.262. The smallest absolute Gasteiger partial charge is 0.282 e. The normalized spacial score (nSPS) is 12.4. The van der Waals surface area contributed by atoms with Crippen molar-refractivity contribution >= 4 is 39.7 Å². The molecule has 0 saturated carbocycles. The molecule has 2 aromatic carbocycles. The summed E-state index contributed by atoms with van der Waals surface area (Å²) in [6.07, 6.45) is 0.353. The zero-order valence-electron chi connectivity index (χ0n) is 17.2. The van der Waals surface area contributed by atoms with E-state index in [9.17, 15) is 24.8 Å². The van der Waals surface area contributed by atoms with Crippen LogP contribution in [-0.2, 0) is 4.79 Å². The summed E-state index contributed by atoms with van der Waals surface area (Å²) < 4.78 is 0. The van der Waals surface area contributed by atoms with E-state index in [0.717, 1.165) is 6.07 Å².